The maximum absolute atomic E-state index is 10.8. The van der Waals surface area contributed by atoms with Gasteiger partial charge in [0, 0.05) is 9.75 Å². The van der Waals surface area contributed by atoms with Gasteiger partial charge in [0.2, 0.25) is 0 Å². The lowest BCUT2D eigenvalue weighted by atomic mass is 10.2. The molecule has 0 fully saturated rings. The van der Waals surface area contributed by atoms with Gasteiger partial charge in [0.15, 0.2) is 0 Å². The first kappa shape index (κ1) is 9.43. The molecule has 0 aliphatic rings. The summed E-state index contributed by atoms with van der Waals surface area (Å²) >= 11 is 2.96. The van der Waals surface area contributed by atoms with E-state index >= 15 is 0 Å². The predicted molar refractivity (Wildman–Crippen MR) is 59.3 cm³/mol. The molecule has 0 saturated heterocycles. The van der Waals surface area contributed by atoms with Crippen molar-refractivity contribution in [3.8, 4) is 9.75 Å². The molecule has 0 atom stereocenters. The van der Waals surface area contributed by atoms with Crippen molar-refractivity contribution in [1.82, 2.24) is 0 Å². The lowest BCUT2D eigenvalue weighted by molar-refractivity contribution is 0.0701. The zero-order valence-corrected chi connectivity index (χ0v) is 9.11. The van der Waals surface area contributed by atoms with Gasteiger partial charge in [-0.3, -0.25) is 0 Å². The maximum Gasteiger partial charge on any atom is 0.346 e. The SMILES string of the molecule is Cc1cc(-c2cccs2)sc1C(=O)O. The molecule has 72 valence electrons. The molecule has 0 saturated carbocycles. The van der Waals surface area contributed by atoms with Crippen molar-refractivity contribution in [2.75, 3.05) is 0 Å². The Morgan fingerprint density at radius 2 is 2.21 bits per heavy atom. The molecular formula is C10H8O2S2. The summed E-state index contributed by atoms with van der Waals surface area (Å²) in [5, 5.41) is 10.9. The fraction of sp³-hybridized carbons (Fsp3) is 0.100. The van der Waals surface area contributed by atoms with E-state index in [0.29, 0.717) is 4.88 Å². The lowest BCUT2D eigenvalue weighted by Gasteiger charge is -1.87. The lowest BCUT2D eigenvalue weighted by Crippen LogP contribution is -1.93. The number of aryl methyl sites for hydroxylation is 1. The van der Waals surface area contributed by atoms with Gasteiger partial charge in [-0.2, -0.15) is 0 Å². The van der Waals surface area contributed by atoms with Gasteiger partial charge in [0.05, 0.1) is 0 Å². The van der Waals surface area contributed by atoms with E-state index < -0.39 is 5.97 Å². The van der Waals surface area contributed by atoms with Crippen LogP contribution >= 0.6 is 22.7 Å². The highest BCUT2D eigenvalue weighted by molar-refractivity contribution is 7.22. The minimum absolute atomic E-state index is 0.438. The Labute approximate surface area is 89.5 Å². The van der Waals surface area contributed by atoms with Crippen molar-refractivity contribution < 1.29 is 9.90 Å². The van der Waals surface area contributed by atoms with Gasteiger partial charge < -0.3 is 5.11 Å². The van der Waals surface area contributed by atoms with Crippen LogP contribution in [0.3, 0.4) is 0 Å². The minimum Gasteiger partial charge on any atom is -0.477 e. The van der Waals surface area contributed by atoms with E-state index in [2.05, 4.69) is 0 Å². The Hall–Kier alpha value is -1.13. The smallest absolute Gasteiger partial charge is 0.346 e. The van der Waals surface area contributed by atoms with Gasteiger partial charge >= 0.3 is 5.97 Å². The van der Waals surface area contributed by atoms with Gasteiger partial charge in [0.25, 0.3) is 0 Å². The van der Waals surface area contributed by atoms with Crippen LogP contribution in [0.5, 0.6) is 0 Å². The van der Waals surface area contributed by atoms with Crippen LogP contribution in [-0.2, 0) is 0 Å². The average Bonchev–Trinajstić information content (AvgIpc) is 2.70. The number of carboxylic acid groups (broad SMARTS) is 1. The summed E-state index contributed by atoms with van der Waals surface area (Å²) < 4.78 is 0. The molecule has 4 heteroatoms. The molecule has 0 bridgehead atoms. The van der Waals surface area contributed by atoms with E-state index in [1.807, 2.05) is 30.5 Å². The molecule has 14 heavy (non-hydrogen) atoms. The Balaban J connectivity index is 2.48. The van der Waals surface area contributed by atoms with E-state index in [9.17, 15) is 4.79 Å². The Morgan fingerprint density at radius 1 is 1.43 bits per heavy atom. The molecule has 0 radical (unpaired) electrons. The standard InChI is InChI=1S/C10H8O2S2/c1-6-5-8(7-3-2-4-13-7)14-9(6)10(11)12/h2-5H,1H3,(H,11,12). The van der Waals surface area contributed by atoms with Crippen LogP contribution in [0, 0.1) is 6.92 Å². The first-order chi connectivity index (χ1) is 6.68. The molecule has 2 aromatic rings. The van der Waals surface area contributed by atoms with Crippen LogP contribution in [0.2, 0.25) is 0 Å². The van der Waals surface area contributed by atoms with Crippen molar-refractivity contribution >= 4 is 28.6 Å². The number of carboxylic acids is 1. The zero-order chi connectivity index (χ0) is 10.1. The quantitative estimate of drug-likeness (QED) is 0.847. The van der Waals surface area contributed by atoms with Crippen molar-refractivity contribution in [2.24, 2.45) is 0 Å². The molecule has 0 aromatic carbocycles. The second-order valence-corrected chi connectivity index (χ2v) is 4.91. The van der Waals surface area contributed by atoms with Gasteiger partial charge in [-0.05, 0) is 30.0 Å². The van der Waals surface area contributed by atoms with Crippen molar-refractivity contribution in [1.29, 1.82) is 0 Å². The largest absolute Gasteiger partial charge is 0.477 e. The number of hydrogen-bond acceptors (Lipinski definition) is 3. The maximum atomic E-state index is 10.8. The van der Waals surface area contributed by atoms with Crippen LogP contribution in [0.4, 0.5) is 0 Å². The monoisotopic (exact) mass is 224 g/mol. The van der Waals surface area contributed by atoms with Crippen LogP contribution < -0.4 is 0 Å². The number of aromatic carboxylic acids is 1. The number of carbonyl (C=O) groups is 1. The van der Waals surface area contributed by atoms with Crippen molar-refractivity contribution in [3.63, 3.8) is 0 Å². The molecule has 0 aliphatic heterocycles. The average molecular weight is 224 g/mol. The molecule has 2 rings (SSSR count). The summed E-state index contributed by atoms with van der Waals surface area (Å²) in [5.74, 6) is -0.838. The number of rotatable bonds is 2. The van der Waals surface area contributed by atoms with Gasteiger partial charge in [-0.1, -0.05) is 6.07 Å². The third kappa shape index (κ3) is 1.58. The molecule has 0 unspecified atom stereocenters. The van der Waals surface area contributed by atoms with Crippen molar-refractivity contribution in [2.45, 2.75) is 6.92 Å². The first-order valence-electron chi connectivity index (χ1n) is 4.06. The molecule has 0 amide bonds. The third-order valence-electron chi connectivity index (χ3n) is 1.88. The second-order valence-electron chi connectivity index (χ2n) is 2.91. The molecule has 2 aromatic heterocycles. The Morgan fingerprint density at radius 3 is 2.71 bits per heavy atom. The third-order valence-corrected chi connectivity index (χ3v) is 4.17. The summed E-state index contributed by atoms with van der Waals surface area (Å²) in [6, 6.07) is 5.90. The van der Waals surface area contributed by atoms with E-state index in [0.717, 1.165) is 15.3 Å². The topological polar surface area (TPSA) is 37.3 Å². The van der Waals surface area contributed by atoms with E-state index in [1.54, 1.807) is 11.3 Å². The van der Waals surface area contributed by atoms with E-state index in [1.165, 1.54) is 11.3 Å². The molecular weight excluding hydrogens is 216 g/mol. The van der Waals surface area contributed by atoms with Crippen LogP contribution in [0.25, 0.3) is 9.75 Å². The van der Waals surface area contributed by atoms with E-state index in [-0.39, 0.29) is 0 Å². The zero-order valence-electron chi connectivity index (χ0n) is 7.48. The normalized spacial score (nSPS) is 10.4. The Kier molecular flexibility index (Phi) is 2.39. The van der Waals surface area contributed by atoms with Gasteiger partial charge in [0.1, 0.15) is 4.88 Å². The van der Waals surface area contributed by atoms with Crippen molar-refractivity contribution in [3.05, 3.63) is 34.0 Å². The van der Waals surface area contributed by atoms with Crippen LogP contribution in [-0.4, -0.2) is 11.1 Å². The van der Waals surface area contributed by atoms with Gasteiger partial charge in [-0.15, -0.1) is 22.7 Å². The highest BCUT2D eigenvalue weighted by atomic mass is 32.1. The fourth-order valence-electron chi connectivity index (χ4n) is 1.23. The number of hydrogen-bond donors (Lipinski definition) is 1. The first-order valence-corrected chi connectivity index (χ1v) is 5.75. The van der Waals surface area contributed by atoms with Gasteiger partial charge in [-0.25, -0.2) is 4.79 Å². The number of thiophene rings is 2. The molecule has 0 aliphatic carbocycles. The van der Waals surface area contributed by atoms with Crippen LogP contribution in [0.1, 0.15) is 15.2 Å². The second kappa shape index (κ2) is 3.55. The summed E-state index contributed by atoms with van der Waals surface area (Å²) in [4.78, 5) is 13.4. The summed E-state index contributed by atoms with van der Waals surface area (Å²) in [6.07, 6.45) is 0. The molecule has 2 heterocycles. The Bertz CT molecular complexity index is 454. The fourth-order valence-corrected chi connectivity index (χ4v) is 3.07. The predicted octanol–water partition coefficient (Wildman–Crippen LogP) is 3.48. The molecule has 1 N–H and O–H groups in total. The van der Waals surface area contributed by atoms with E-state index in [4.69, 9.17) is 5.11 Å². The molecule has 2 nitrogen and oxygen atoms in total. The summed E-state index contributed by atoms with van der Waals surface area (Å²) in [6.45, 7) is 1.83. The highest BCUT2D eigenvalue weighted by Crippen LogP contribution is 2.33. The summed E-state index contributed by atoms with van der Waals surface area (Å²) in [5.41, 5.74) is 0.839. The van der Waals surface area contributed by atoms with Crippen LogP contribution in [0.15, 0.2) is 23.6 Å². The highest BCUT2D eigenvalue weighted by Gasteiger charge is 2.13. The summed E-state index contributed by atoms with van der Waals surface area (Å²) in [7, 11) is 0. The molecule has 0 spiro atoms. The minimum atomic E-state index is -0.838.